The number of hydrogen-bond donors (Lipinski definition) is 1. The first-order valence-electron chi connectivity index (χ1n) is 14.5. The highest BCUT2D eigenvalue weighted by Crippen LogP contribution is 2.50. The normalized spacial score (nSPS) is 23.9. The number of hydrogen-bond acceptors (Lipinski definition) is 6. The molecule has 0 bridgehead atoms. The van der Waals surface area contributed by atoms with Crippen LogP contribution in [0.1, 0.15) is 43.0 Å². The molecule has 1 aromatic heterocycles. The van der Waals surface area contributed by atoms with E-state index in [9.17, 15) is 14.7 Å². The third-order valence-corrected chi connectivity index (χ3v) is 9.86. The number of halogens is 1. The molecule has 3 heterocycles. The summed E-state index contributed by atoms with van der Waals surface area (Å²) in [6.07, 6.45) is 4.85. The molecular weight excluding hydrogens is 570 g/mol. The second kappa shape index (κ2) is 12.5. The molecule has 2 amide bonds. The Morgan fingerprint density at radius 3 is 2.69 bits per heavy atom. The number of likely N-dealkylation sites (tertiary alicyclic amines) is 1. The molecule has 0 radical (unpaired) electrons. The molecular formula is C34H34ClNO5S. The van der Waals surface area contributed by atoms with E-state index in [4.69, 9.17) is 21.1 Å². The number of phenols is 1. The number of imide groups is 1. The van der Waals surface area contributed by atoms with Crippen LogP contribution >= 0.6 is 22.9 Å². The lowest BCUT2D eigenvalue weighted by Crippen LogP contribution is -2.35. The summed E-state index contributed by atoms with van der Waals surface area (Å²) in [5.41, 5.74) is 4.31. The number of benzene rings is 2. The number of amides is 2. The van der Waals surface area contributed by atoms with Crippen LogP contribution in [0.15, 0.2) is 82.8 Å². The van der Waals surface area contributed by atoms with Crippen LogP contribution in [0, 0.1) is 17.8 Å². The smallest absolute Gasteiger partial charge is 0.234 e. The minimum absolute atomic E-state index is 0.0794. The number of nitrogens with zero attached hydrogens (tertiary/aromatic N) is 1. The molecule has 42 heavy (non-hydrogen) atoms. The molecule has 3 aliphatic rings. The zero-order chi connectivity index (χ0) is 29.2. The van der Waals surface area contributed by atoms with Gasteiger partial charge in [-0.25, -0.2) is 0 Å². The standard InChI is InChI=1S/C34H34ClNO5S/c1-2-21(15-22-11-12-24(37)17-29(22)35)10-13-30-31-23(19-40-25-7-4-3-5-8-25)16-27-32(28(31)20-41-30)34(39)36(33(27)38)18-26-9-6-14-42-26/h3-9,11-12,14-15,17,27-28,30,32,37H,2,10,13,16,18-20H2,1H3/b21-15+/t27-,28+,30-,32-/m1/s1. The number of para-hydroxylation sites is 1. The SMILES string of the molecule is CC/C(=C\c1ccc(O)cc1Cl)CC[C@H]1OC[C@H]2C1=C(COc1ccccc1)C[C@H]1C(=O)N(Cc3cccs3)C(=O)[C@H]12. The van der Waals surface area contributed by atoms with Crippen molar-refractivity contribution in [1.29, 1.82) is 0 Å². The van der Waals surface area contributed by atoms with Crippen molar-refractivity contribution in [1.82, 2.24) is 4.90 Å². The fourth-order valence-electron chi connectivity index (χ4n) is 6.59. The van der Waals surface area contributed by atoms with Gasteiger partial charge in [-0.15, -0.1) is 11.3 Å². The largest absolute Gasteiger partial charge is 0.508 e. The van der Waals surface area contributed by atoms with Gasteiger partial charge in [0.15, 0.2) is 0 Å². The summed E-state index contributed by atoms with van der Waals surface area (Å²) in [5.74, 6) is -0.157. The van der Waals surface area contributed by atoms with E-state index >= 15 is 0 Å². The number of carbonyl (C=O) groups is 2. The van der Waals surface area contributed by atoms with Crippen LogP contribution in [0.3, 0.4) is 0 Å². The average molecular weight is 604 g/mol. The Bertz CT molecular complexity index is 1520. The van der Waals surface area contributed by atoms with Crippen molar-refractivity contribution in [3.8, 4) is 11.5 Å². The Kier molecular flexibility index (Phi) is 8.52. The second-order valence-corrected chi connectivity index (χ2v) is 12.6. The van der Waals surface area contributed by atoms with Crippen LogP contribution in [0.4, 0.5) is 0 Å². The number of ether oxygens (including phenoxy) is 2. The van der Waals surface area contributed by atoms with Crippen molar-refractivity contribution >= 4 is 40.8 Å². The molecule has 6 rings (SSSR count). The van der Waals surface area contributed by atoms with Gasteiger partial charge in [0, 0.05) is 10.8 Å². The molecule has 0 unspecified atom stereocenters. The van der Waals surface area contributed by atoms with E-state index in [0.717, 1.165) is 46.6 Å². The van der Waals surface area contributed by atoms with Crippen LogP contribution < -0.4 is 4.74 Å². The summed E-state index contributed by atoms with van der Waals surface area (Å²) in [6, 6.07) is 18.6. The third-order valence-electron chi connectivity index (χ3n) is 8.68. The number of fused-ring (bicyclic) bond motifs is 3. The van der Waals surface area contributed by atoms with Gasteiger partial charge in [0.05, 0.1) is 36.1 Å². The maximum Gasteiger partial charge on any atom is 0.234 e. The maximum atomic E-state index is 13.7. The Morgan fingerprint density at radius 2 is 1.95 bits per heavy atom. The van der Waals surface area contributed by atoms with Gasteiger partial charge in [0.2, 0.25) is 11.8 Å². The summed E-state index contributed by atoms with van der Waals surface area (Å²) in [7, 11) is 0. The van der Waals surface area contributed by atoms with Crippen molar-refractivity contribution in [2.75, 3.05) is 13.2 Å². The molecule has 8 heteroatoms. The zero-order valence-corrected chi connectivity index (χ0v) is 25.1. The van der Waals surface area contributed by atoms with Gasteiger partial charge in [-0.1, -0.05) is 54.4 Å². The van der Waals surface area contributed by atoms with E-state index in [2.05, 4.69) is 13.0 Å². The lowest BCUT2D eigenvalue weighted by atomic mass is 9.69. The lowest BCUT2D eigenvalue weighted by Gasteiger charge is -2.31. The van der Waals surface area contributed by atoms with Gasteiger partial charge in [0.25, 0.3) is 0 Å². The van der Waals surface area contributed by atoms with Gasteiger partial charge in [0.1, 0.15) is 18.1 Å². The van der Waals surface area contributed by atoms with Crippen molar-refractivity contribution in [2.24, 2.45) is 17.8 Å². The second-order valence-electron chi connectivity index (χ2n) is 11.2. The van der Waals surface area contributed by atoms with E-state index < -0.39 is 5.92 Å². The fourth-order valence-corrected chi connectivity index (χ4v) is 7.51. The van der Waals surface area contributed by atoms with Crippen LogP contribution in [-0.4, -0.2) is 41.1 Å². The summed E-state index contributed by atoms with van der Waals surface area (Å²) in [6.45, 7) is 3.24. The molecule has 1 N–H and O–H groups in total. The van der Waals surface area contributed by atoms with Crippen LogP contribution in [0.25, 0.3) is 6.08 Å². The monoisotopic (exact) mass is 603 g/mol. The van der Waals surface area contributed by atoms with Crippen molar-refractivity contribution in [3.63, 3.8) is 0 Å². The Balaban J connectivity index is 1.26. The fraction of sp³-hybridized carbons (Fsp3) is 0.353. The number of carbonyl (C=O) groups excluding carboxylic acids is 2. The first-order chi connectivity index (χ1) is 20.4. The number of aromatic hydroxyl groups is 1. The third kappa shape index (κ3) is 5.78. The Morgan fingerprint density at radius 1 is 1.12 bits per heavy atom. The van der Waals surface area contributed by atoms with Gasteiger partial charge in [-0.2, -0.15) is 0 Å². The molecule has 3 aromatic rings. The Labute approximate surface area is 255 Å². The molecule has 1 aliphatic carbocycles. The molecule has 2 saturated heterocycles. The quantitative estimate of drug-likeness (QED) is 0.195. The van der Waals surface area contributed by atoms with Crippen molar-refractivity contribution in [2.45, 2.75) is 45.3 Å². The predicted molar refractivity (Wildman–Crippen MR) is 164 cm³/mol. The summed E-state index contributed by atoms with van der Waals surface area (Å²) >= 11 is 7.93. The maximum absolute atomic E-state index is 13.7. The van der Waals surface area contributed by atoms with E-state index in [-0.39, 0.29) is 35.5 Å². The summed E-state index contributed by atoms with van der Waals surface area (Å²) in [5, 5.41) is 12.2. The van der Waals surface area contributed by atoms with E-state index in [1.807, 2.05) is 53.9 Å². The minimum Gasteiger partial charge on any atom is -0.508 e. The number of thiophene rings is 1. The van der Waals surface area contributed by atoms with Crippen molar-refractivity contribution in [3.05, 3.63) is 98.2 Å². The van der Waals surface area contributed by atoms with Gasteiger partial charge < -0.3 is 14.6 Å². The van der Waals surface area contributed by atoms with E-state index in [0.29, 0.717) is 31.2 Å². The van der Waals surface area contributed by atoms with Crippen LogP contribution in [0.5, 0.6) is 11.5 Å². The highest BCUT2D eigenvalue weighted by Gasteiger charge is 2.57. The molecule has 2 fully saturated rings. The summed E-state index contributed by atoms with van der Waals surface area (Å²) < 4.78 is 12.6. The zero-order valence-electron chi connectivity index (χ0n) is 23.5. The first-order valence-corrected chi connectivity index (χ1v) is 15.8. The highest BCUT2D eigenvalue weighted by molar-refractivity contribution is 7.09. The average Bonchev–Trinajstić information content (AvgIpc) is 3.72. The van der Waals surface area contributed by atoms with Gasteiger partial charge in [-0.3, -0.25) is 14.5 Å². The molecule has 218 valence electrons. The molecule has 4 atom stereocenters. The Hall–Kier alpha value is -3.39. The van der Waals surface area contributed by atoms with E-state index in [1.54, 1.807) is 23.5 Å². The van der Waals surface area contributed by atoms with E-state index in [1.165, 1.54) is 10.5 Å². The first kappa shape index (κ1) is 28.7. The highest BCUT2D eigenvalue weighted by atomic mass is 35.5. The molecule has 2 aliphatic heterocycles. The van der Waals surface area contributed by atoms with Crippen LogP contribution in [-0.2, 0) is 20.9 Å². The lowest BCUT2D eigenvalue weighted by molar-refractivity contribution is -0.140. The number of rotatable bonds is 10. The minimum atomic E-state index is -0.394. The number of allylic oxidation sites excluding steroid dienone is 1. The molecule has 6 nitrogen and oxygen atoms in total. The molecule has 2 aromatic carbocycles. The topological polar surface area (TPSA) is 76.1 Å². The van der Waals surface area contributed by atoms with Crippen molar-refractivity contribution < 1.29 is 24.2 Å². The number of phenolic OH excluding ortho intramolecular Hbond substituents is 1. The molecule has 0 saturated carbocycles. The van der Waals surface area contributed by atoms with Gasteiger partial charge >= 0.3 is 0 Å². The predicted octanol–water partition coefficient (Wildman–Crippen LogP) is 7.28. The van der Waals surface area contributed by atoms with Gasteiger partial charge in [-0.05, 0) is 84.2 Å². The van der Waals surface area contributed by atoms with Crippen LogP contribution in [0.2, 0.25) is 5.02 Å². The molecule has 0 spiro atoms. The summed E-state index contributed by atoms with van der Waals surface area (Å²) in [4.78, 5) is 29.8.